The van der Waals surface area contributed by atoms with Crippen LogP contribution in [0.4, 0.5) is 0 Å². The minimum Gasteiger partial charge on any atom is -0.360 e. The maximum Gasteiger partial charge on any atom is 0.172 e. The van der Waals surface area contributed by atoms with Crippen LogP contribution in [0.5, 0.6) is 0 Å². The first-order valence-electron chi connectivity index (χ1n) is 7.62. The van der Waals surface area contributed by atoms with Gasteiger partial charge in [0, 0.05) is 12.1 Å². The molecule has 2 aliphatic rings. The summed E-state index contributed by atoms with van der Waals surface area (Å²) >= 11 is 10.7. The van der Waals surface area contributed by atoms with Gasteiger partial charge in [0.1, 0.15) is 0 Å². The lowest BCUT2D eigenvalue weighted by Gasteiger charge is -2.27. The number of hydrogen-bond acceptors (Lipinski definition) is 2. The Morgan fingerprint density at radius 3 is 1.37 bits per heavy atom. The largest absolute Gasteiger partial charge is 0.360 e. The van der Waals surface area contributed by atoms with Gasteiger partial charge in [-0.2, -0.15) is 0 Å². The predicted octanol–water partition coefficient (Wildman–Crippen LogP) is 2.99. The molecule has 19 heavy (non-hydrogen) atoms. The molecule has 0 unspecified atom stereocenters. The Labute approximate surface area is 127 Å². The quantitative estimate of drug-likeness (QED) is 0.683. The van der Waals surface area contributed by atoms with Crippen molar-refractivity contribution in [2.24, 2.45) is 0 Å². The molecular formula is C14H25N3S2. The van der Waals surface area contributed by atoms with Crippen molar-refractivity contribution in [1.29, 1.82) is 0 Å². The molecule has 2 rings (SSSR count). The van der Waals surface area contributed by atoms with Crippen molar-refractivity contribution in [3.63, 3.8) is 0 Å². The van der Waals surface area contributed by atoms with E-state index in [0.29, 0.717) is 22.3 Å². The summed E-state index contributed by atoms with van der Waals surface area (Å²) in [5.74, 6) is 0. The summed E-state index contributed by atoms with van der Waals surface area (Å²) in [5, 5.41) is 11.2. The van der Waals surface area contributed by atoms with Crippen molar-refractivity contribution in [2.45, 2.75) is 76.3 Å². The van der Waals surface area contributed by atoms with Crippen LogP contribution >= 0.6 is 24.4 Å². The summed E-state index contributed by atoms with van der Waals surface area (Å²) in [6.45, 7) is 0. The Kier molecular flexibility index (Phi) is 6.31. The Hall–Kier alpha value is -0.420. The monoisotopic (exact) mass is 299 g/mol. The Balaban J connectivity index is 1.64. The summed E-state index contributed by atoms with van der Waals surface area (Å²) in [4.78, 5) is 0. The maximum absolute atomic E-state index is 5.33. The average Bonchev–Trinajstić information content (AvgIpc) is 2.40. The van der Waals surface area contributed by atoms with Crippen molar-refractivity contribution < 1.29 is 0 Å². The molecular weight excluding hydrogens is 274 g/mol. The summed E-state index contributed by atoms with van der Waals surface area (Å²) in [7, 11) is 0. The van der Waals surface area contributed by atoms with E-state index < -0.39 is 0 Å². The Morgan fingerprint density at radius 2 is 1.00 bits per heavy atom. The molecule has 0 saturated heterocycles. The van der Waals surface area contributed by atoms with Crippen molar-refractivity contribution in [1.82, 2.24) is 16.0 Å². The van der Waals surface area contributed by atoms with Gasteiger partial charge in [-0.15, -0.1) is 0 Å². The van der Waals surface area contributed by atoms with Crippen molar-refractivity contribution in [3.8, 4) is 0 Å². The second kappa shape index (κ2) is 8.00. The van der Waals surface area contributed by atoms with E-state index in [1.54, 1.807) is 0 Å². The summed E-state index contributed by atoms with van der Waals surface area (Å²) in [5.41, 5.74) is 0. The first-order valence-corrected chi connectivity index (χ1v) is 8.44. The zero-order valence-electron chi connectivity index (χ0n) is 11.5. The van der Waals surface area contributed by atoms with Gasteiger partial charge < -0.3 is 16.0 Å². The lowest BCUT2D eigenvalue weighted by Crippen LogP contribution is -2.50. The SMILES string of the molecule is S=C(NC(=S)NC1CCCCC1)NC1CCCCC1. The highest BCUT2D eigenvalue weighted by atomic mass is 32.1. The van der Waals surface area contributed by atoms with Crippen molar-refractivity contribution in [3.05, 3.63) is 0 Å². The molecule has 2 saturated carbocycles. The van der Waals surface area contributed by atoms with Gasteiger partial charge in [0.25, 0.3) is 0 Å². The first kappa shape index (κ1) is 15.0. The molecule has 0 radical (unpaired) electrons. The van der Waals surface area contributed by atoms with E-state index in [-0.39, 0.29) is 0 Å². The second-order valence-corrected chi connectivity index (χ2v) is 6.56. The third-order valence-electron chi connectivity index (χ3n) is 4.11. The molecule has 108 valence electrons. The van der Waals surface area contributed by atoms with E-state index in [1.165, 1.54) is 64.2 Å². The average molecular weight is 300 g/mol. The van der Waals surface area contributed by atoms with Crippen LogP contribution in [-0.4, -0.2) is 22.3 Å². The van der Waals surface area contributed by atoms with Crippen LogP contribution in [0, 0.1) is 0 Å². The number of rotatable bonds is 2. The summed E-state index contributed by atoms with van der Waals surface area (Å²) in [6.07, 6.45) is 12.9. The maximum atomic E-state index is 5.33. The van der Waals surface area contributed by atoms with Crippen molar-refractivity contribution in [2.75, 3.05) is 0 Å². The minimum atomic E-state index is 0.534. The van der Waals surface area contributed by atoms with Crippen LogP contribution in [-0.2, 0) is 0 Å². The van der Waals surface area contributed by atoms with Gasteiger partial charge in [0.15, 0.2) is 10.2 Å². The van der Waals surface area contributed by atoms with Gasteiger partial charge in [-0.25, -0.2) is 0 Å². The molecule has 0 amide bonds. The van der Waals surface area contributed by atoms with Crippen LogP contribution < -0.4 is 16.0 Å². The summed E-state index contributed by atoms with van der Waals surface area (Å²) < 4.78 is 0. The molecule has 0 aromatic rings. The van der Waals surface area contributed by atoms with Gasteiger partial charge >= 0.3 is 0 Å². The molecule has 3 N–H and O–H groups in total. The highest BCUT2D eigenvalue weighted by Crippen LogP contribution is 2.18. The second-order valence-electron chi connectivity index (χ2n) is 5.74. The fraction of sp³-hybridized carbons (Fsp3) is 0.857. The van der Waals surface area contributed by atoms with E-state index in [2.05, 4.69) is 16.0 Å². The fourth-order valence-corrected chi connectivity index (χ4v) is 3.64. The van der Waals surface area contributed by atoms with E-state index >= 15 is 0 Å². The number of nitrogens with one attached hydrogen (secondary N) is 3. The Bertz CT molecular complexity index is 278. The van der Waals surface area contributed by atoms with Crippen LogP contribution in [0.2, 0.25) is 0 Å². The minimum absolute atomic E-state index is 0.534. The zero-order valence-corrected chi connectivity index (χ0v) is 13.2. The van der Waals surface area contributed by atoms with Gasteiger partial charge in [0.05, 0.1) is 0 Å². The highest BCUT2D eigenvalue weighted by molar-refractivity contribution is 7.81. The topological polar surface area (TPSA) is 36.1 Å². The highest BCUT2D eigenvalue weighted by Gasteiger charge is 2.16. The smallest absolute Gasteiger partial charge is 0.172 e. The van der Waals surface area contributed by atoms with E-state index in [1.807, 2.05) is 0 Å². The summed E-state index contributed by atoms with van der Waals surface area (Å²) in [6, 6.07) is 1.07. The molecule has 0 aromatic carbocycles. The lowest BCUT2D eigenvalue weighted by molar-refractivity contribution is 0.409. The molecule has 0 atom stereocenters. The Morgan fingerprint density at radius 1 is 0.632 bits per heavy atom. The fourth-order valence-electron chi connectivity index (χ4n) is 3.04. The van der Waals surface area contributed by atoms with Crippen LogP contribution in [0.3, 0.4) is 0 Å². The molecule has 0 aliphatic heterocycles. The standard InChI is InChI=1S/C14H25N3S2/c18-13(15-11-7-3-1-4-8-11)17-14(19)16-12-9-5-2-6-10-12/h11-12H,1-10H2,(H3,15,16,17,18,19). The zero-order chi connectivity index (χ0) is 13.5. The third kappa shape index (κ3) is 5.61. The third-order valence-corrected chi connectivity index (χ3v) is 4.55. The lowest BCUT2D eigenvalue weighted by atomic mass is 9.96. The van der Waals surface area contributed by atoms with Crippen LogP contribution in [0.1, 0.15) is 64.2 Å². The molecule has 2 fully saturated rings. The number of thiocarbonyl (C=S) groups is 2. The molecule has 2 aliphatic carbocycles. The predicted molar refractivity (Wildman–Crippen MR) is 88.3 cm³/mol. The molecule has 5 heteroatoms. The van der Waals surface area contributed by atoms with Gasteiger partial charge in [-0.1, -0.05) is 38.5 Å². The van der Waals surface area contributed by atoms with E-state index in [0.717, 1.165) is 0 Å². The normalized spacial score (nSPS) is 21.7. The van der Waals surface area contributed by atoms with E-state index in [9.17, 15) is 0 Å². The first-order chi connectivity index (χ1) is 9.24. The van der Waals surface area contributed by atoms with Crippen LogP contribution in [0.25, 0.3) is 0 Å². The molecule has 0 heterocycles. The van der Waals surface area contributed by atoms with Crippen molar-refractivity contribution >= 4 is 34.7 Å². The molecule has 0 bridgehead atoms. The molecule has 0 spiro atoms. The van der Waals surface area contributed by atoms with E-state index in [4.69, 9.17) is 24.4 Å². The number of hydrogen-bond donors (Lipinski definition) is 3. The van der Waals surface area contributed by atoms with Crippen LogP contribution in [0.15, 0.2) is 0 Å². The molecule has 3 nitrogen and oxygen atoms in total. The van der Waals surface area contributed by atoms with Gasteiger partial charge in [-0.05, 0) is 50.1 Å². The molecule has 0 aromatic heterocycles. The van der Waals surface area contributed by atoms with Gasteiger partial charge in [-0.3, -0.25) is 0 Å². The van der Waals surface area contributed by atoms with Gasteiger partial charge in [0.2, 0.25) is 0 Å².